The topological polar surface area (TPSA) is 29.1 Å². The normalized spacial score (nSPS) is 12.2. The van der Waals surface area contributed by atoms with Gasteiger partial charge in [0.1, 0.15) is 0 Å². The zero-order valence-corrected chi connectivity index (χ0v) is 10.4. The second-order valence-corrected chi connectivity index (χ2v) is 4.32. The van der Waals surface area contributed by atoms with Crippen LogP contribution >= 0.6 is 12.6 Å². The molecule has 94 valence electrons. The van der Waals surface area contributed by atoms with Crippen LogP contribution in [0.4, 0.5) is 8.78 Å². The van der Waals surface area contributed by atoms with Crippen LogP contribution in [-0.4, -0.2) is 18.2 Å². The smallest absolute Gasteiger partial charge is 0.223 e. The van der Waals surface area contributed by atoms with Gasteiger partial charge in [-0.1, -0.05) is 13.0 Å². The predicted octanol–water partition coefficient (Wildman–Crippen LogP) is 2.19. The summed E-state index contributed by atoms with van der Waals surface area (Å²) in [5.41, 5.74) is 0.609. The molecular formula is C12H15F2NOS. The minimum absolute atomic E-state index is 0.108. The molecule has 5 heteroatoms. The van der Waals surface area contributed by atoms with E-state index in [1.165, 1.54) is 6.07 Å². The van der Waals surface area contributed by atoms with Crippen molar-refractivity contribution < 1.29 is 13.6 Å². The summed E-state index contributed by atoms with van der Waals surface area (Å²) < 4.78 is 25.6. The number of benzene rings is 1. The highest BCUT2D eigenvalue weighted by Crippen LogP contribution is 2.13. The highest BCUT2D eigenvalue weighted by molar-refractivity contribution is 7.80. The maximum absolute atomic E-state index is 12.9. The molecule has 0 saturated heterocycles. The molecule has 0 heterocycles. The zero-order valence-electron chi connectivity index (χ0n) is 9.54. The summed E-state index contributed by atoms with van der Waals surface area (Å²) in [5.74, 6) is -1.57. The molecule has 0 saturated carbocycles. The third kappa shape index (κ3) is 4.34. The summed E-state index contributed by atoms with van der Waals surface area (Å²) in [6, 6.07) is 3.68. The largest absolute Gasteiger partial charge is 0.355 e. The summed E-state index contributed by atoms with van der Waals surface area (Å²) >= 11 is 3.98. The Hall–Kier alpha value is -1.10. The quantitative estimate of drug-likeness (QED) is 0.780. The molecule has 0 radical (unpaired) electrons. The first-order valence-electron chi connectivity index (χ1n) is 5.37. The maximum Gasteiger partial charge on any atom is 0.223 e. The van der Waals surface area contributed by atoms with E-state index in [0.29, 0.717) is 24.3 Å². The molecule has 0 aliphatic heterocycles. The lowest BCUT2D eigenvalue weighted by Gasteiger charge is -2.11. The van der Waals surface area contributed by atoms with Crippen LogP contribution in [0, 0.1) is 17.6 Å². The van der Waals surface area contributed by atoms with E-state index in [4.69, 9.17) is 0 Å². The van der Waals surface area contributed by atoms with Gasteiger partial charge in [0.05, 0.1) is 0 Å². The molecule has 1 N–H and O–H groups in total. The third-order valence-electron chi connectivity index (χ3n) is 2.38. The molecule has 0 spiro atoms. The second-order valence-electron chi connectivity index (χ2n) is 3.87. The van der Waals surface area contributed by atoms with Crippen molar-refractivity contribution in [3.63, 3.8) is 0 Å². The summed E-state index contributed by atoms with van der Waals surface area (Å²) in [4.78, 5) is 11.5. The van der Waals surface area contributed by atoms with E-state index in [1.807, 2.05) is 0 Å². The Morgan fingerprint density at radius 3 is 2.71 bits per heavy atom. The van der Waals surface area contributed by atoms with Crippen LogP contribution in [-0.2, 0) is 11.2 Å². The number of rotatable bonds is 5. The number of carbonyl (C=O) groups is 1. The van der Waals surface area contributed by atoms with Crippen LogP contribution in [0.1, 0.15) is 12.5 Å². The van der Waals surface area contributed by atoms with Crippen molar-refractivity contribution >= 4 is 18.5 Å². The number of amides is 1. The van der Waals surface area contributed by atoms with Gasteiger partial charge < -0.3 is 5.32 Å². The van der Waals surface area contributed by atoms with Gasteiger partial charge in [0, 0.05) is 18.2 Å². The number of hydrogen-bond donors (Lipinski definition) is 2. The van der Waals surface area contributed by atoms with Gasteiger partial charge in [0.25, 0.3) is 0 Å². The molecular weight excluding hydrogens is 244 g/mol. The molecule has 1 aromatic rings. The molecule has 0 aliphatic rings. The average Bonchev–Trinajstić information content (AvgIpc) is 2.30. The highest BCUT2D eigenvalue weighted by Gasteiger charge is 2.13. The standard InChI is InChI=1S/C12H15F2NOS/c1-8(12(16)15-4-5-17)6-9-2-3-10(13)11(14)7-9/h2-3,7-8,17H,4-6H2,1H3,(H,15,16). The number of hydrogen-bond acceptors (Lipinski definition) is 2. The van der Waals surface area contributed by atoms with Gasteiger partial charge in [-0.05, 0) is 24.1 Å². The van der Waals surface area contributed by atoms with Crippen LogP contribution in [0.2, 0.25) is 0 Å². The fraction of sp³-hybridized carbons (Fsp3) is 0.417. The van der Waals surface area contributed by atoms with Crippen molar-refractivity contribution in [2.45, 2.75) is 13.3 Å². The first kappa shape index (κ1) is 14.0. The molecule has 17 heavy (non-hydrogen) atoms. The van der Waals surface area contributed by atoms with Crippen LogP contribution in [0.15, 0.2) is 18.2 Å². The fourth-order valence-corrected chi connectivity index (χ4v) is 1.58. The average molecular weight is 259 g/mol. The van der Waals surface area contributed by atoms with Crippen LogP contribution < -0.4 is 5.32 Å². The van der Waals surface area contributed by atoms with E-state index >= 15 is 0 Å². The molecule has 0 bridgehead atoms. The Morgan fingerprint density at radius 1 is 1.41 bits per heavy atom. The molecule has 0 aromatic heterocycles. The van der Waals surface area contributed by atoms with Gasteiger partial charge in [-0.2, -0.15) is 12.6 Å². The van der Waals surface area contributed by atoms with Gasteiger partial charge in [0.15, 0.2) is 11.6 Å². The highest BCUT2D eigenvalue weighted by atomic mass is 32.1. The zero-order chi connectivity index (χ0) is 12.8. The van der Waals surface area contributed by atoms with Crippen molar-refractivity contribution in [1.82, 2.24) is 5.32 Å². The number of nitrogens with one attached hydrogen (secondary N) is 1. The molecule has 1 atom stereocenters. The monoisotopic (exact) mass is 259 g/mol. The van der Waals surface area contributed by atoms with Crippen molar-refractivity contribution in [1.29, 1.82) is 0 Å². The number of thiol groups is 1. The maximum atomic E-state index is 12.9. The summed E-state index contributed by atoms with van der Waals surface area (Å²) in [7, 11) is 0. The summed E-state index contributed by atoms with van der Waals surface area (Å²) in [6.45, 7) is 2.25. The summed E-state index contributed by atoms with van der Waals surface area (Å²) in [6.07, 6.45) is 0.385. The lowest BCUT2D eigenvalue weighted by atomic mass is 10.0. The van der Waals surface area contributed by atoms with Gasteiger partial charge in [-0.15, -0.1) is 0 Å². The molecule has 1 aromatic carbocycles. The van der Waals surface area contributed by atoms with Gasteiger partial charge in [-0.25, -0.2) is 8.78 Å². The Balaban J connectivity index is 2.58. The van der Waals surface area contributed by atoms with Crippen molar-refractivity contribution in [3.05, 3.63) is 35.4 Å². The van der Waals surface area contributed by atoms with Crippen LogP contribution in [0.5, 0.6) is 0 Å². The van der Waals surface area contributed by atoms with Gasteiger partial charge in [-0.3, -0.25) is 4.79 Å². The van der Waals surface area contributed by atoms with E-state index in [1.54, 1.807) is 6.92 Å². The first-order chi connectivity index (χ1) is 8.04. The van der Waals surface area contributed by atoms with E-state index in [9.17, 15) is 13.6 Å². The van der Waals surface area contributed by atoms with E-state index in [0.717, 1.165) is 12.1 Å². The first-order valence-corrected chi connectivity index (χ1v) is 6.00. The Labute approximate surface area is 105 Å². The number of carbonyl (C=O) groups excluding carboxylic acids is 1. The van der Waals surface area contributed by atoms with Crippen molar-refractivity contribution in [2.24, 2.45) is 5.92 Å². The van der Waals surface area contributed by atoms with E-state index in [2.05, 4.69) is 17.9 Å². The molecule has 0 aliphatic carbocycles. The summed E-state index contributed by atoms with van der Waals surface area (Å²) in [5, 5.41) is 2.70. The van der Waals surface area contributed by atoms with E-state index in [-0.39, 0.29) is 11.8 Å². The fourth-order valence-electron chi connectivity index (χ4n) is 1.47. The molecule has 1 rings (SSSR count). The lowest BCUT2D eigenvalue weighted by molar-refractivity contribution is -0.124. The number of halogens is 2. The van der Waals surface area contributed by atoms with Crippen LogP contribution in [0.25, 0.3) is 0 Å². The third-order valence-corrected chi connectivity index (χ3v) is 2.61. The van der Waals surface area contributed by atoms with Gasteiger partial charge in [0.2, 0.25) is 5.91 Å². The SMILES string of the molecule is CC(Cc1ccc(F)c(F)c1)C(=O)NCCS. The molecule has 2 nitrogen and oxygen atoms in total. The lowest BCUT2D eigenvalue weighted by Crippen LogP contribution is -2.31. The molecule has 1 amide bonds. The minimum atomic E-state index is -0.884. The van der Waals surface area contributed by atoms with Crippen LogP contribution in [0.3, 0.4) is 0 Å². The second kappa shape index (κ2) is 6.59. The van der Waals surface area contributed by atoms with Crippen molar-refractivity contribution in [3.8, 4) is 0 Å². The Kier molecular flexibility index (Phi) is 5.41. The molecule has 1 unspecified atom stereocenters. The Bertz CT molecular complexity index is 398. The molecule has 0 fully saturated rings. The van der Waals surface area contributed by atoms with Gasteiger partial charge >= 0.3 is 0 Å². The van der Waals surface area contributed by atoms with E-state index < -0.39 is 11.6 Å². The van der Waals surface area contributed by atoms with Crippen molar-refractivity contribution in [2.75, 3.05) is 12.3 Å². The predicted molar refractivity (Wildman–Crippen MR) is 66.1 cm³/mol. The minimum Gasteiger partial charge on any atom is -0.355 e. The Morgan fingerprint density at radius 2 is 2.12 bits per heavy atom.